The van der Waals surface area contributed by atoms with Crippen LogP contribution < -0.4 is 5.32 Å². The maximum Gasteiger partial charge on any atom is 0.0366 e. The average Bonchev–Trinajstić information content (AvgIpc) is 2.71. The minimum atomic E-state index is 0.413. The lowest BCUT2D eigenvalue weighted by Crippen LogP contribution is -2.18. The van der Waals surface area contributed by atoms with E-state index < -0.39 is 0 Å². The van der Waals surface area contributed by atoms with Gasteiger partial charge in [-0.25, -0.2) is 0 Å². The molecule has 0 saturated carbocycles. The van der Waals surface area contributed by atoms with Crippen molar-refractivity contribution in [1.29, 1.82) is 0 Å². The van der Waals surface area contributed by atoms with Gasteiger partial charge in [0.15, 0.2) is 0 Å². The average molecular weight is 259 g/mol. The summed E-state index contributed by atoms with van der Waals surface area (Å²) in [6.07, 6.45) is 1.05. The molecule has 1 nitrogen and oxygen atoms in total. The van der Waals surface area contributed by atoms with Gasteiger partial charge in [-0.1, -0.05) is 29.3 Å². The molecule has 0 radical (unpaired) electrons. The smallest absolute Gasteiger partial charge is 0.0366 e. The second kappa shape index (κ2) is 5.68. The van der Waals surface area contributed by atoms with Crippen LogP contribution >= 0.6 is 11.3 Å². The summed E-state index contributed by atoms with van der Waals surface area (Å²) in [5, 5.41) is 5.69. The van der Waals surface area contributed by atoms with E-state index in [4.69, 9.17) is 0 Å². The fourth-order valence-electron chi connectivity index (χ4n) is 2.46. The molecule has 1 heterocycles. The zero-order valence-corrected chi connectivity index (χ0v) is 12.4. The molecule has 2 rings (SSSR count). The third-order valence-electron chi connectivity index (χ3n) is 3.22. The predicted octanol–water partition coefficient (Wildman–Crippen LogP) is 4.18. The Hall–Kier alpha value is -1.12. The van der Waals surface area contributed by atoms with Crippen LogP contribution in [0.25, 0.3) is 0 Å². The van der Waals surface area contributed by atoms with Gasteiger partial charge in [0.05, 0.1) is 0 Å². The molecule has 1 aromatic carbocycles. The quantitative estimate of drug-likeness (QED) is 0.868. The predicted molar refractivity (Wildman–Crippen MR) is 80.5 cm³/mol. The Morgan fingerprint density at radius 1 is 1.06 bits per heavy atom. The molecule has 0 amide bonds. The van der Waals surface area contributed by atoms with Crippen molar-refractivity contribution in [3.63, 3.8) is 0 Å². The van der Waals surface area contributed by atoms with E-state index in [2.05, 4.69) is 55.7 Å². The van der Waals surface area contributed by atoms with Gasteiger partial charge in [0.25, 0.3) is 0 Å². The number of likely N-dealkylation sites (N-methyl/N-ethyl adjacent to an activating group) is 1. The van der Waals surface area contributed by atoms with Crippen molar-refractivity contribution in [2.24, 2.45) is 0 Å². The Balaban J connectivity index is 2.20. The molecule has 1 N–H and O–H groups in total. The standard InChI is InChI=1S/C16H21NS/c1-11-5-12(2)7-14(6-11)9-16(17-4)15-8-13(3)18-10-15/h5-8,10,16-17H,9H2,1-4H3. The van der Waals surface area contributed by atoms with Gasteiger partial charge < -0.3 is 5.32 Å². The van der Waals surface area contributed by atoms with Crippen molar-refractivity contribution >= 4 is 11.3 Å². The van der Waals surface area contributed by atoms with Gasteiger partial charge in [-0.05, 0) is 56.8 Å². The van der Waals surface area contributed by atoms with Crippen LogP contribution in [0.5, 0.6) is 0 Å². The van der Waals surface area contributed by atoms with Gasteiger partial charge in [0.1, 0.15) is 0 Å². The minimum Gasteiger partial charge on any atom is -0.313 e. The summed E-state index contributed by atoms with van der Waals surface area (Å²) >= 11 is 1.82. The first kappa shape index (κ1) is 13.3. The largest absolute Gasteiger partial charge is 0.313 e. The zero-order chi connectivity index (χ0) is 13.1. The number of benzene rings is 1. The molecular weight excluding hydrogens is 238 g/mol. The van der Waals surface area contributed by atoms with Crippen LogP contribution in [0, 0.1) is 20.8 Å². The third kappa shape index (κ3) is 3.21. The molecule has 0 fully saturated rings. The molecule has 18 heavy (non-hydrogen) atoms. The minimum absolute atomic E-state index is 0.413. The van der Waals surface area contributed by atoms with E-state index in [9.17, 15) is 0 Å². The van der Waals surface area contributed by atoms with Crippen molar-refractivity contribution in [2.45, 2.75) is 33.2 Å². The second-order valence-corrected chi connectivity index (χ2v) is 6.15. The number of thiophene rings is 1. The highest BCUT2D eigenvalue weighted by Gasteiger charge is 2.11. The number of nitrogens with one attached hydrogen (secondary N) is 1. The first-order valence-corrected chi connectivity index (χ1v) is 7.26. The Morgan fingerprint density at radius 3 is 2.22 bits per heavy atom. The lowest BCUT2D eigenvalue weighted by molar-refractivity contribution is 0.593. The Kier molecular flexibility index (Phi) is 4.20. The highest BCUT2D eigenvalue weighted by atomic mass is 32.1. The molecule has 0 aliphatic rings. The van der Waals surface area contributed by atoms with Gasteiger partial charge in [0, 0.05) is 10.9 Å². The van der Waals surface area contributed by atoms with Crippen molar-refractivity contribution in [2.75, 3.05) is 7.05 Å². The van der Waals surface area contributed by atoms with E-state index in [0.717, 1.165) is 6.42 Å². The van der Waals surface area contributed by atoms with Crippen LogP contribution in [-0.4, -0.2) is 7.05 Å². The fourth-order valence-corrected chi connectivity index (χ4v) is 3.21. The number of rotatable bonds is 4. The van der Waals surface area contributed by atoms with E-state index >= 15 is 0 Å². The molecule has 2 aromatic rings. The molecule has 0 bridgehead atoms. The highest BCUT2D eigenvalue weighted by Crippen LogP contribution is 2.24. The first-order chi connectivity index (χ1) is 8.58. The van der Waals surface area contributed by atoms with Crippen LogP contribution in [0.3, 0.4) is 0 Å². The summed E-state index contributed by atoms with van der Waals surface area (Å²) in [6, 6.07) is 9.50. The maximum atomic E-state index is 3.43. The molecule has 0 spiro atoms. The van der Waals surface area contributed by atoms with Crippen LogP contribution in [0.15, 0.2) is 29.6 Å². The normalized spacial score (nSPS) is 12.7. The van der Waals surface area contributed by atoms with Crippen LogP contribution in [0.2, 0.25) is 0 Å². The molecule has 0 aliphatic carbocycles. The number of hydrogen-bond acceptors (Lipinski definition) is 2. The van der Waals surface area contributed by atoms with Crippen LogP contribution in [-0.2, 0) is 6.42 Å². The summed E-state index contributed by atoms with van der Waals surface area (Å²) in [5.41, 5.74) is 5.51. The van der Waals surface area contributed by atoms with Crippen molar-refractivity contribution in [3.05, 3.63) is 56.8 Å². The van der Waals surface area contributed by atoms with Gasteiger partial charge in [0.2, 0.25) is 0 Å². The van der Waals surface area contributed by atoms with Crippen LogP contribution in [0.4, 0.5) is 0 Å². The Morgan fingerprint density at radius 2 is 1.72 bits per heavy atom. The molecular formula is C16H21NS. The maximum absolute atomic E-state index is 3.43. The molecule has 1 unspecified atom stereocenters. The van der Waals surface area contributed by atoms with E-state index in [1.165, 1.54) is 27.1 Å². The van der Waals surface area contributed by atoms with Gasteiger partial charge in [-0.2, -0.15) is 0 Å². The third-order valence-corrected chi connectivity index (χ3v) is 4.10. The molecule has 96 valence electrons. The van der Waals surface area contributed by atoms with Crippen molar-refractivity contribution in [1.82, 2.24) is 5.32 Å². The summed E-state index contributed by atoms with van der Waals surface area (Å²) in [6.45, 7) is 6.50. The van der Waals surface area contributed by atoms with Crippen LogP contribution in [0.1, 0.15) is 33.2 Å². The molecule has 0 saturated heterocycles. The van der Waals surface area contributed by atoms with Gasteiger partial charge >= 0.3 is 0 Å². The monoisotopic (exact) mass is 259 g/mol. The van der Waals surface area contributed by atoms with E-state index in [1.54, 1.807) is 0 Å². The Labute approximate surface area is 114 Å². The summed E-state index contributed by atoms with van der Waals surface area (Å²) in [4.78, 5) is 1.38. The first-order valence-electron chi connectivity index (χ1n) is 6.38. The summed E-state index contributed by atoms with van der Waals surface area (Å²) in [7, 11) is 2.04. The second-order valence-electron chi connectivity index (χ2n) is 5.03. The van der Waals surface area contributed by atoms with E-state index in [-0.39, 0.29) is 0 Å². The highest BCUT2D eigenvalue weighted by molar-refractivity contribution is 7.10. The summed E-state index contributed by atoms with van der Waals surface area (Å²) < 4.78 is 0. The molecule has 0 aliphatic heterocycles. The van der Waals surface area contributed by atoms with Gasteiger partial charge in [-0.15, -0.1) is 11.3 Å². The number of hydrogen-bond donors (Lipinski definition) is 1. The van der Waals surface area contributed by atoms with Gasteiger partial charge in [-0.3, -0.25) is 0 Å². The van der Waals surface area contributed by atoms with E-state index in [0.29, 0.717) is 6.04 Å². The molecule has 1 atom stereocenters. The molecule has 1 aromatic heterocycles. The topological polar surface area (TPSA) is 12.0 Å². The zero-order valence-electron chi connectivity index (χ0n) is 11.6. The van der Waals surface area contributed by atoms with Crippen molar-refractivity contribution < 1.29 is 0 Å². The lowest BCUT2D eigenvalue weighted by atomic mass is 9.98. The SMILES string of the molecule is CNC(Cc1cc(C)cc(C)c1)c1csc(C)c1. The van der Waals surface area contributed by atoms with E-state index in [1.807, 2.05) is 18.4 Å². The summed E-state index contributed by atoms with van der Waals surface area (Å²) in [5.74, 6) is 0. The Bertz CT molecular complexity index is 507. The number of aryl methyl sites for hydroxylation is 3. The molecule has 2 heteroatoms. The fraction of sp³-hybridized carbons (Fsp3) is 0.375. The van der Waals surface area contributed by atoms with Crippen molar-refractivity contribution in [3.8, 4) is 0 Å². The lowest BCUT2D eigenvalue weighted by Gasteiger charge is -2.16.